The summed E-state index contributed by atoms with van der Waals surface area (Å²) in [5.74, 6) is 0. The van der Waals surface area contributed by atoms with Crippen LogP contribution in [0.3, 0.4) is 0 Å². The molecule has 0 bridgehead atoms. The van der Waals surface area contributed by atoms with E-state index in [2.05, 4.69) is 42.0 Å². The molecule has 1 aliphatic rings. The summed E-state index contributed by atoms with van der Waals surface area (Å²) in [5, 5.41) is 3.45. The molecular formula is C15H23N3. The summed E-state index contributed by atoms with van der Waals surface area (Å²) >= 11 is 0. The highest BCUT2D eigenvalue weighted by Crippen LogP contribution is 2.29. The molecule has 0 spiro atoms. The fourth-order valence-corrected chi connectivity index (χ4v) is 2.44. The number of nitrogens with one attached hydrogen (secondary N) is 1. The first-order valence-electron chi connectivity index (χ1n) is 6.53. The van der Waals surface area contributed by atoms with Crippen molar-refractivity contribution in [2.75, 3.05) is 31.6 Å². The number of nitrogens with zero attached hydrogens (tertiary/aromatic N) is 1. The summed E-state index contributed by atoms with van der Waals surface area (Å²) in [6.07, 6.45) is 1.14. The van der Waals surface area contributed by atoms with Gasteiger partial charge in [-0.3, -0.25) is 0 Å². The minimum atomic E-state index is 0.220. The smallest absolute Gasteiger partial charge is 0.0447 e. The Hall–Kier alpha value is -1.32. The molecule has 0 saturated carbocycles. The van der Waals surface area contributed by atoms with E-state index in [1.807, 2.05) is 6.92 Å². The maximum atomic E-state index is 5.86. The number of hydrogen-bond acceptors (Lipinski definition) is 3. The third-order valence-corrected chi connectivity index (χ3v) is 3.52. The number of fused-ring (bicyclic) bond motifs is 1. The van der Waals surface area contributed by atoms with Crippen LogP contribution in [0.2, 0.25) is 0 Å². The van der Waals surface area contributed by atoms with Gasteiger partial charge in [0.2, 0.25) is 0 Å². The normalized spacial score (nSPS) is 15.6. The maximum Gasteiger partial charge on any atom is 0.0447 e. The molecule has 1 aliphatic heterocycles. The van der Waals surface area contributed by atoms with Gasteiger partial charge in [-0.05, 0) is 30.5 Å². The van der Waals surface area contributed by atoms with Crippen molar-refractivity contribution in [1.29, 1.82) is 0 Å². The second-order valence-electron chi connectivity index (χ2n) is 5.19. The first-order valence-corrected chi connectivity index (χ1v) is 6.53. The quantitative estimate of drug-likeness (QED) is 0.778. The Morgan fingerprint density at radius 3 is 3.00 bits per heavy atom. The van der Waals surface area contributed by atoms with Crippen molar-refractivity contribution >= 4 is 5.69 Å². The Kier molecular flexibility index (Phi) is 4.04. The van der Waals surface area contributed by atoms with Gasteiger partial charge in [0.15, 0.2) is 0 Å². The average molecular weight is 245 g/mol. The highest BCUT2D eigenvalue weighted by Gasteiger charge is 2.17. The lowest BCUT2D eigenvalue weighted by Crippen LogP contribution is -2.29. The highest BCUT2D eigenvalue weighted by molar-refractivity contribution is 5.58. The average Bonchev–Trinajstić information content (AvgIpc) is 2.71. The Labute approximate surface area is 110 Å². The second-order valence-corrected chi connectivity index (χ2v) is 5.19. The van der Waals surface area contributed by atoms with E-state index in [-0.39, 0.29) is 6.04 Å². The second kappa shape index (κ2) is 5.55. The zero-order valence-electron chi connectivity index (χ0n) is 11.4. The van der Waals surface area contributed by atoms with Gasteiger partial charge in [-0.1, -0.05) is 24.3 Å². The molecule has 1 aromatic carbocycles. The first-order chi connectivity index (χ1) is 8.61. The summed E-state index contributed by atoms with van der Waals surface area (Å²) < 4.78 is 0. The Balaban J connectivity index is 2.14. The molecule has 0 fully saturated rings. The zero-order valence-corrected chi connectivity index (χ0v) is 11.4. The van der Waals surface area contributed by atoms with E-state index in [4.69, 9.17) is 5.73 Å². The number of anilines is 1. The standard InChI is InChI=1S/C15H23N3/c1-11(2)10-17-14(9-16)12-4-5-15-13(8-12)6-7-18(15)3/h4-5,8,14,17H,1,6-7,9-10,16H2,2-3H3. The lowest BCUT2D eigenvalue weighted by Gasteiger charge is -2.19. The molecule has 0 aliphatic carbocycles. The summed E-state index contributed by atoms with van der Waals surface area (Å²) in [4.78, 5) is 2.30. The van der Waals surface area contributed by atoms with Gasteiger partial charge in [-0.25, -0.2) is 0 Å². The lowest BCUT2D eigenvalue weighted by molar-refractivity contribution is 0.569. The minimum absolute atomic E-state index is 0.220. The SMILES string of the molecule is C=C(C)CNC(CN)c1ccc2c(c1)CCN2C. The zero-order chi connectivity index (χ0) is 13.1. The summed E-state index contributed by atoms with van der Waals surface area (Å²) in [6.45, 7) is 8.49. The van der Waals surface area contributed by atoms with E-state index < -0.39 is 0 Å². The van der Waals surface area contributed by atoms with Crippen LogP contribution in [0.1, 0.15) is 24.1 Å². The monoisotopic (exact) mass is 245 g/mol. The molecule has 0 radical (unpaired) electrons. The van der Waals surface area contributed by atoms with Crippen LogP contribution in [0, 0.1) is 0 Å². The van der Waals surface area contributed by atoms with Crippen molar-refractivity contribution < 1.29 is 0 Å². The molecule has 1 aromatic rings. The van der Waals surface area contributed by atoms with Gasteiger partial charge in [0.1, 0.15) is 0 Å². The largest absolute Gasteiger partial charge is 0.374 e. The predicted octanol–water partition coefficient (Wildman–Crippen LogP) is 1.84. The number of rotatable bonds is 5. The van der Waals surface area contributed by atoms with Crippen LogP contribution in [-0.4, -0.2) is 26.7 Å². The van der Waals surface area contributed by atoms with Gasteiger partial charge in [0.05, 0.1) is 0 Å². The molecule has 1 atom stereocenters. The van der Waals surface area contributed by atoms with Crippen molar-refractivity contribution in [2.45, 2.75) is 19.4 Å². The van der Waals surface area contributed by atoms with Crippen LogP contribution in [0.25, 0.3) is 0 Å². The molecule has 0 amide bonds. The predicted molar refractivity (Wildman–Crippen MR) is 78.0 cm³/mol. The molecule has 3 nitrogen and oxygen atoms in total. The molecule has 18 heavy (non-hydrogen) atoms. The van der Waals surface area contributed by atoms with Crippen molar-refractivity contribution in [2.24, 2.45) is 5.73 Å². The Bertz CT molecular complexity index is 439. The van der Waals surface area contributed by atoms with E-state index >= 15 is 0 Å². The topological polar surface area (TPSA) is 41.3 Å². The molecule has 3 N–H and O–H groups in total. The van der Waals surface area contributed by atoms with Crippen molar-refractivity contribution in [3.8, 4) is 0 Å². The van der Waals surface area contributed by atoms with Gasteiger partial charge in [-0.2, -0.15) is 0 Å². The maximum absolute atomic E-state index is 5.86. The van der Waals surface area contributed by atoms with Crippen LogP contribution in [0.5, 0.6) is 0 Å². The summed E-state index contributed by atoms with van der Waals surface area (Å²) in [6, 6.07) is 6.91. The number of benzene rings is 1. The molecule has 1 heterocycles. The third-order valence-electron chi connectivity index (χ3n) is 3.52. The van der Waals surface area contributed by atoms with E-state index in [0.717, 1.165) is 25.1 Å². The molecule has 98 valence electrons. The summed E-state index contributed by atoms with van der Waals surface area (Å²) in [7, 11) is 2.14. The van der Waals surface area contributed by atoms with Crippen molar-refractivity contribution in [3.63, 3.8) is 0 Å². The van der Waals surface area contributed by atoms with Crippen molar-refractivity contribution in [1.82, 2.24) is 5.32 Å². The first kappa shape index (κ1) is 13.1. The van der Waals surface area contributed by atoms with Crippen LogP contribution < -0.4 is 16.0 Å². The lowest BCUT2D eigenvalue weighted by atomic mass is 10.0. The number of likely N-dealkylation sites (N-methyl/N-ethyl adjacent to an activating group) is 1. The van der Waals surface area contributed by atoms with E-state index in [9.17, 15) is 0 Å². The fourth-order valence-electron chi connectivity index (χ4n) is 2.44. The van der Waals surface area contributed by atoms with Gasteiger partial charge in [0, 0.05) is 38.4 Å². The molecular weight excluding hydrogens is 222 g/mol. The highest BCUT2D eigenvalue weighted by atomic mass is 15.1. The van der Waals surface area contributed by atoms with Crippen LogP contribution in [0.15, 0.2) is 30.4 Å². The van der Waals surface area contributed by atoms with E-state index in [1.54, 1.807) is 0 Å². The Morgan fingerprint density at radius 2 is 2.33 bits per heavy atom. The van der Waals surface area contributed by atoms with Crippen LogP contribution >= 0.6 is 0 Å². The van der Waals surface area contributed by atoms with Crippen LogP contribution in [-0.2, 0) is 6.42 Å². The minimum Gasteiger partial charge on any atom is -0.374 e. The molecule has 1 unspecified atom stereocenters. The molecule has 3 heteroatoms. The number of hydrogen-bond donors (Lipinski definition) is 2. The molecule has 0 saturated heterocycles. The van der Waals surface area contributed by atoms with Crippen molar-refractivity contribution in [3.05, 3.63) is 41.5 Å². The van der Waals surface area contributed by atoms with Gasteiger partial charge in [-0.15, -0.1) is 0 Å². The molecule has 2 rings (SSSR count). The fraction of sp³-hybridized carbons (Fsp3) is 0.467. The third kappa shape index (κ3) is 2.74. The van der Waals surface area contributed by atoms with Gasteiger partial charge in [0.25, 0.3) is 0 Å². The van der Waals surface area contributed by atoms with Gasteiger partial charge < -0.3 is 16.0 Å². The Morgan fingerprint density at radius 1 is 1.56 bits per heavy atom. The summed E-state index contributed by atoms with van der Waals surface area (Å²) in [5.41, 5.74) is 11.1. The van der Waals surface area contributed by atoms with Crippen LogP contribution in [0.4, 0.5) is 5.69 Å². The van der Waals surface area contributed by atoms with E-state index in [0.29, 0.717) is 6.54 Å². The number of nitrogens with two attached hydrogens (primary N) is 1. The van der Waals surface area contributed by atoms with Gasteiger partial charge >= 0.3 is 0 Å². The molecule has 0 aromatic heterocycles. The van der Waals surface area contributed by atoms with E-state index in [1.165, 1.54) is 16.8 Å².